The number of pyridine rings is 1. The molecule has 0 saturated carbocycles. The van der Waals surface area contributed by atoms with Crippen LogP contribution in [0.3, 0.4) is 0 Å². The van der Waals surface area contributed by atoms with Gasteiger partial charge in [0.1, 0.15) is 0 Å². The van der Waals surface area contributed by atoms with Crippen LogP contribution in [-0.2, 0) is 6.18 Å². The summed E-state index contributed by atoms with van der Waals surface area (Å²) in [6.07, 6.45) is -1.59. The molecule has 0 atom stereocenters. The van der Waals surface area contributed by atoms with Gasteiger partial charge in [0.15, 0.2) is 11.5 Å². The summed E-state index contributed by atoms with van der Waals surface area (Å²) in [5.74, 6) is -0.235. The van der Waals surface area contributed by atoms with Crippen molar-refractivity contribution in [3.8, 4) is 5.82 Å². The van der Waals surface area contributed by atoms with Gasteiger partial charge in [-0.25, -0.2) is 9.67 Å². The molecule has 8 nitrogen and oxygen atoms in total. The smallest absolute Gasteiger partial charge is 0.351 e. The van der Waals surface area contributed by atoms with E-state index in [4.69, 9.17) is 0 Å². The Bertz CT molecular complexity index is 754. The minimum absolute atomic E-state index is 0.0823. The SMILES string of the molecule is O=C(NCCCN1CCNCC1)c1cn(-c2ccc(C(F)(F)F)cn2)nn1. The largest absolute Gasteiger partial charge is 0.417 e. The summed E-state index contributed by atoms with van der Waals surface area (Å²) in [7, 11) is 0. The Morgan fingerprint density at radius 3 is 2.70 bits per heavy atom. The van der Waals surface area contributed by atoms with Gasteiger partial charge in [0.25, 0.3) is 5.91 Å². The first-order chi connectivity index (χ1) is 12.9. The Kier molecular flexibility index (Phi) is 6.01. The van der Waals surface area contributed by atoms with Gasteiger partial charge in [0, 0.05) is 38.9 Å². The third-order valence-corrected chi connectivity index (χ3v) is 4.18. The van der Waals surface area contributed by atoms with Crippen molar-refractivity contribution >= 4 is 5.91 Å². The minimum Gasteiger partial charge on any atom is -0.351 e. The molecule has 146 valence electrons. The third-order valence-electron chi connectivity index (χ3n) is 4.18. The summed E-state index contributed by atoms with van der Waals surface area (Å²) < 4.78 is 38.9. The summed E-state index contributed by atoms with van der Waals surface area (Å²) in [5, 5.41) is 13.5. The molecule has 0 radical (unpaired) electrons. The predicted molar refractivity (Wildman–Crippen MR) is 90.4 cm³/mol. The molecular formula is C16H20F3N7O. The van der Waals surface area contributed by atoms with Crippen LogP contribution < -0.4 is 10.6 Å². The summed E-state index contributed by atoms with van der Waals surface area (Å²) in [6, 6.07) is 2.08. The molecular weight excluding hydrogens is 363 g/mol. The fourth-order valence-corrected chi connectivity index (χ4v) is 2.70. The summed E-state index contributed by atoms with van der Waals surface area (Å²) in [5.41, 5.74) is -0.771. The highest BCUT2D eigenvalue weighted by molar-refractivity contribution is 5.91. The minimum atomic E-state index is -4.45. The molecule has 1 fully saturated rings. The van der Waals surface area contributed by atoms with Crippen molar-refractivity contribution in [3.05, 3.63) is 35.8 Å². The lowest BCUT2D eigenvalue weighted by Gasteiger charge is -2.26. The average Bonchev–Trinajstić information content (AvgIpc) is 3.16. The number of nitrogens with zero attached hydrogens (tertiary/aromatic N) is 5. The molecule has 0 aliphatic carbocycles. The Hall–Kier alpha value is -2.53. The van der Waals surface area contributed by atoms with Crippen molar-refractivity contribution in [2.75, 3.05) is 39.3 Å². The standard InChI is InChI=1S/C16H20F3N7O/c17-16(18,19)12-2-3-14(22-10-12)26-11-13(23-24-26)15(27)21-4-1-7-25-8-5-20-6-9-25/h2-3,10-11,20H,1,4-9H2,(H,21,27). The zero-order valence-corrected chi connectivity index (χ0v) is 14.5. The van der Waals surface area contributed by atoms with Crippen molar-refractivity contribution in [1.82, 2.24) is 35.5 Å². The molecule has 1 aliphatic heterocycles. The molecule has 1 aliphatic rings. The molecule has 0 aromatic carbocycles. The average molecular weight is 383 g/mol. The van der Waals surface area contributed by atoms with Crippen LogP contribution in [0.1, 0.15) is 22.5 Å². The van der Waals surface area contributed by atoms with Crippen molar-refractivity contribution in [2.45, 2.75) is 12.6 Å². The number of rotatable bonds is 6. The highest BCUT2D eigenvalue weighted by Gasteiger charge is 2.30. The molecule has 3 rings (SSSR count). The van der Waals surface area contributed by atoms with Crippen molar-refractivity contribution < 1.29 is 18.0 Å². The molecule has 2 aromatic heterocycles. The molecule has 1 amide bonds. The van der Waals surface area contributed by atoms with Gasteiger partial charge >= 0.3 is 6.18 Å². The van der Waals surface area contributed by atoms with E-state index >= 15 is 0 Å². The normalized spacial score (nSPS) is 15.7. The number of nitrogens with one attached hydrogen (secondary N) is 2. The molecule has 3 heterocycles. The first-order valence-electron chi connectivity index (χ1n) is 8.61. The maximum Gasteiger partial charge on any atom is 0.417 e. The number of hydrogen-bond donors (Lipinski definition) is 2. The van der Waals surface area contributed by atoms with Crippen molar-refractivity contribution in [1.29, 1.82) is 0 Å². The molecule has 0 unspecified atom stereocenters. The van der Waals surface area contributed by atoms with Crippen LogP contribution in [-0.4, -0.2) is 70.1 Å². The maximum atomic E-state index is 12.6. The summed E-state index contributed by atoms with van der Waals surface area (Å²) in [4.78, 5) is 18.1. The highest BCUT2D eigenvalue weighted by atomic mass is 19.4. The second-order valence-corrected chi connectivity index (χ2v) is 6.15. The second-order valence-electron chi connectivity index (χ2n) is 6.15. The highest BCUT2D eigenvalue weighted by Crippen LogP contribution is 2.28. The van der Waals surface area contributed by atoms with Gasteiger partial charge in [0.05, 0.1) is 11.8 Å². The van der Waals surface area contributed by atoms with E-state index in [1.165, 1.54) is 12.3 Å². The first kappa shape index (κ1) is 19.2. The van der Waals surface area contributed by atoms with Crippen LogP contribution in [0.5, 0.6) is 0 Å². The third kappa shape index (κ3) is 5.23. The Balaban J connectivity index is 1.50. The predicted octanol–water partition coefficient (Wildman–Crippen LogP) is 0.706. The van der Waals surface area contributed by atoms with E-state index in [0.29, 0.717) is 12.7 Å². The second kappa shape index (κ2) is 8.44. The quantitative estimate of drug-likeness (QED) is 0.715. The fourth-order valence-electron chi connectivity index (χ4n) is 2.70. The lowest BCUT2D eigenvalue weighted by atomic mass is 10.3. The van der Waals surface area contributed by atoms with Crippen molar-refractivity contribution in [2.24, 2.45) is 0 Å². The van der Waals surface area contributed by atoms with E-state index in [1.807, 2.05) is 0 Å². The zero-order valence-electron chi connectivity index (χ0n) is 14.5. The number of aromatic nitrogens is 4. The van der Waals surface area contributed by atoms with Crippen LogP contribution in [0.15, 0.2) is 24.5 Å². The Morgan fingerprint density at radius 2 is 2.04 bits per heavy atom. The van der Waals surface area contributed by atoms with Gasteiger partial charge in [-0.2, -0.15) is 13.2 Å². The van der Waals surface area contributed by atoms with Crippen LogP contribution in [0.2, 0.25) is 0 Å². The van der Waals surface area contributed by atoms with E-state index in [1.54, 1.807) is 0 Å². The summed E-state index contributed by atoms with van der Waals surface area (Å²) in [6.45, 7) is 5.38. The lowest BCUT2D eigenvalue weighted by molar-refractivity contribution is -0.137. The van der Waals surface area contributed by atoms with Crippen LogP contribution in [0.4, 0.5) is 13.2 Å². The zero-order chi connectivity index (χ0) is 19.3. The molecule has 0 bridgehead atoms. The van der Waals surface area contributed by atoms with Crippen LogP contribution in [0.25, 0.3) is 5.82 Å². The Labute approximate surface area is 153 Å². The lowest BCUT2D eigenvalue weighted by Crippen LogP contribution is -2.44. The molecule has 27 heavy (non-hydrogen) atoms. The van der Waals surface area contributed by atoms with E-state index in [-0.39, 0.29) is 17.4 Å². The molecule has 1 saturated heterocycles. The van der Waals surface area contributed by atoms with E-state index in [9.17, 15) is 18.0 Å². The first-order valence-corrected chi connectivity index (χ1v) is 8.61. The topological polar surface area (TPSA) is 88.0 Å². The molecule has 2 aromatic rings. The van der Waals surface area contributed by atoms with Gasteiger partial charge in [-0.05, 0) is 25.1 Å². The number of halogens is 3. The summed E-state index contributed by atoms with van der Waals surface area (Å²) >= 11 is 0. The van der Waals surface area contributed by atoms with E-state index in [0.717, 1.165) is 49.9 Å². The van der Waals surface area contributed by atoms with Crippen LogP contribution >= 0.6 is 0 Å². The van der Waals surface area contributed by atoms with E-state index in [2.05, 4.69) is 30.8 Å². The van der Waals surface area contributed by atoms with E-state index < -0.39 is 11.7 Å². The maximum absolute atomic E-state index is 12.6. The number of carbonyl (C=O) groups excluding carboxylic acids is 1. The Morgan fingerprint density at radius 1 is 1.26 bits per heavy atom. The molecule has 0 spiro atoms. The van der Waals surface area contributed by atoms with Gasteiger partial charge in [-0.3, -0.25) is 4.79 Å². The monoisotopic (exact) mass is 383 g/mol. The van der Waals surface area contributed by atoms with Gasteiger partial charge in [0.2, 0.25) is 0 Å². The van der Waals surface area contributed by atoms with Gasteiger partial charge in [-0.1, -0.05) is 5.21 Å². The number of alkyl halides is 3. The fraction of sp³-hybridized carbons (Fsp3) is 0.500. The van der Waals surface area contributed by atoms with Crippen LogP contribution in [0, 0.1) is 0 Å². The van der Waals surface area contributed by atoms with Gasteiger partial charge in [-0.15, -0.1) is 5.10 Å². The molecule has 2 N–H and O–H groups in total. The number of carbonyl (C=O) groups is 1. The molecule has 11 heteroatoms. The number of piperazine rings is 1. The van der Waals surface area contributed by atoms with Gasteiger partial charge < -0.3 is 15.5 Å². The number of hydrogen-bond acceptors (Lipinski definition) is 6. The van der Waals surface area contributed by atoms with Crippen molar-refractivity contribution in [3.63, 3.8) is 0 Å². The number of amides is 1.